The second kappa shape index (κ2) is 11.2. The number of ether oxygens (including phenoxy) is 2. The van der Waals surface area contributed by atoms with Gasteiger partial charge < -0.3 is 19.5 Å². The van der Waals surface area contributed by atoms with E-state index in [1.807, 2.05) is 61.5 Å². The van der Waals surface area contributed by atoms with Crippen molar-refractivity contribution in [2.45, 2.75) is 19.0 Å². The van der Waals surface area contributed by atoms with Crippen LogP contribution in [0.2, 0.25) is 0 Å². The minimum Gasteiger partial charge on any atom is -0.507 e. The highest BCUT2D eigenvalue weighted by atomic mass is 16.5. The van der Waals surface area contributed by atoms with E-state index in [0.29, 0.717) is 31.9 Å². The van der Waals surface area contributed by atoms with Crippen molar-refractivity contribution >= 4 is 17.4 Å². The van der Waals surface area contributed by atoms with Gasteiger partial charge in [0, 0.05) is 25.2 Å². The summed E-state index contributed by atoms with van der Waals surface area (Å²) in [6.45, 7) is 4.88. The third kappa shape index (κ3) is 5.08. The van der Waals surface area contributed by atoms with Gasteiger partial charge in [0.1, 0.15) is 11.5 Å². The van der Waals surface area contributed by atoms with Crippen LogP contribution in [-0.4, -0.2) is 66.6 Å². The Morgan fingerprint density at radius 2 is 1.63 bits per heavy atom. The van der Waals surface area contributed by atoms with E-state index in [-0.39, 0.29) is 23.9 Å². The zero-order valence-electron chi connectivity index (χ0n) is 21.7. The first-order chi connectivity index (χ1) is 18.5. The normalized spacial score (nSPS) is 20.5. The second-order valence-corrected chi connectivity index (χ2v) is 9.67. The Hall–Kier alpha value is -3.94. The molecule has 2 fully saturated rings. The molecule has 0 aromatic heterocycles. The van der Waals surface area contributed by atoms with Gasteiger partial charge >= 0.3 is 0 Å². The highest BCUT2D eigenvalue weighted by Crippen LogP contribution is 2.41. The SMILES string of the molecule is COc1ccc([C@H](CN2C(=O)C(=O)C(=C(O)c3ccccc3)[C@H]2c2ccc(C)cc2)N2CCOCC2)cc1. The molecule has 2 aliphatic rings. The maximum Gasteiger partial charge on any atom is 0.295 e. The predicted molar refractivity (Wildman–Crippen MR) is 145 cm³/mol. The average molecular weight is 513 g/mol. The molecule has 0 radical (unpaired) electrons. The largest absolute Gasteiger partial charge is 0.507 e. The van der Waals surface area contributed by atoms with Gasteiger partial charge in [-0.3, -0.25) is 14.5 Å². The van der Waals surface area contributed by atoms with Crippen LogP contribution in [0.5, 0.6) is 5.75 Å². The Bertz CT molecular complexity index is 1310. The molecule has 196 valence electrons. The molecule has 5 rings (SSSR count). The third-order valence-corrected chi connectivity index (χ3v) is 7.34. The van der Waals surface area contributed by atoms with Gasteiger partial charge in [0.15, 0.2) is 0 Å². The highest BCUT2D eigenvalue weighted by Gasteiger charge is 2.47. The average Bonchev–Trinajstić information content (AvgIpc) is 3.21. The van der Waals surface area contributed by atoms with Gasteiger partial charge in [-0.05, 0) is 30.2 Å². The molecule has 2 atom stereocenters. The number of rotatable bonds is 7. The summed E-state index contributed by atoms with van der Waals surface area (Å²) in [7, 11) is 1.63. The van der Waals surface area contributed by atoms with Crippen LogP contribution < -0.4 is 4.74 Å². The first-order valence-electron chi connectivity index (χ1n) is 12.8. The number of aryl methyl sites for hydroxylation is 1. The zero-order valence-corrected chi connectivity index (χ0v) is 21.7. The van der Waals surface area contributed by atoms with Crippen molar-refractivity contribution in [3.8, 4) is 5.75 Å². The Labute approximate surface area is 222 Å². The minimum atomic E-state index is -0.711. The predicted octanol–water partition coefficient (Wildman–Crippen LogP) is 4.50. The number of carbonyl (C=O) groups excluding carboxylic acids is 2. The molecule has 1 N–H and O–H groups in total. The van der Waals surface area contributed by atoms with Crippen molar-refractivity contribution in [2.24, 2.45) is 0 Å². The second-order valence-electron chi connectivity index (χ2n) is 9.67. The third-order valence-electron chi connectivity index (χ3n) is 7.34. The first kappa shape index (κ1) is 25.7. The molecular weight excluding hydrogens is 480 g/mol. The van der Waals surface area contributed by atoms with Crippen LogP contribution in [0.25, 0.3) is 5.76 Å². The minimum absolute atomic E-state index is 0.112. The maximum atomic E-state index is 13.6. The molecule has 0 unspecified atom stereocenters. The zero-order chi connectivity index (χ0) is 26.6. The number of benzene rings is 3. The van der Waals surface area contributed by atoms with Crippen molar-refractivity contribution in [1.29, 1.82) is 0 Å². The molecule has 0 aliphatic carbocycles. The van der Waals surface area contributed by atoms with E-state index in [9.17, 15) is 14.7 Å². The Morgan fingerprint density at radius 1 is 0.974 bits per heavy atom. The number of methoxy groups -OCH3 is 1. The molecule has 2 saturated heterocycles. The van der Waals surface area contributed by atoms with E-state index in [1.165, 1.54) is 0 Å². The molecule has 7 nitrogen and oxygen atoms in total. The van der Waals surface area contributed by atoms with Gasteiger partial charge in [-0.25, -0.2) is 0 Å². The number of Topliss-reactive ketones (excluding diaryl/α,β-unsaturated/α-hetero) is 1. The number of amides is 1. The van der Waals surface area contributed by atoms with Gasteiger partial charge in [-0.1, -0.05) is 72.3 Å². The molecular formula is C31H32N2O5. The molecule has 3 aromatic carbocycles. The fraction of sp³-hybridized carbons (Fsp3) is 0.290. The van der Waals surface area contributed by atoms with Crippen LogP contribution >= 0.6 is 0 Å². The summed E-state index contributed by atoms with van der Waals surface area (Å²) in [5.74, 6) is -0.700. The topological polar surface area (TPSA) is 79.3 Å². The van der Waals surface area contributed by atoms with Crippen molar-refractivity contribution in [2.75, 3.05) is 40.0 Å². The lowest BCUT2D eigenvalue weighted by Gasteiger charge is -2.38. The summed E-state index contributed by atoms with van der Waals surface area (Å²) >= 11 is 0. The molecule has 1 amide bonds. The Morgan fingerprint density at radius 3 is 2.26 bits per heavy atom. The van der Waals surface area contributed by atoms with Crippen LogP contribution in [0, 0.1) is 6.92 Å². The summed E-state index contributed by atoms with van der Waals surface area (Å²) in [5.41, 5.74) is 3.48. The van der Waals surface area contributed by atoms with Gasteiger partial charge in [0.05, 0.1) is 38.0 Å². The highest BCUT2D eigenvalue weighted by molar-refractivity contribution is 6.46. The maximum absolute atomic E-state index is 13.6. The molecule has 3 aromatic rings. The number of carbonyl (C=O) groups is 2. The monoisotopic (exact) mass is 512 g/mol. The Balaban J connectivity index is 1.60. The van der Waals surface area contributed by atoms with Crippen LogP contribution in [0.4, 0.5) is 0 Å². The van der Waals surface area contributed by atoms with E-state index >= 15 is 0 Å². The number of aliphatic hydroxyl groups excluding tert-OH is 1. The summed E-state index contributed by atoms with van der Waals surface area (Å²) < 4.78 is 10.9. The lowest BCUT2D eigenvalue weighted by molar-refractivity contribution is -0.140. The number of morpholine rings is 1. The van der Waals surface area contributed by atoms with Gasteiger partial charge in [-0.15, -0.1) is 0 Å². The smallest absolute Gasteiger partial charge is 0.295 e. The van der Waals surface area contributed by atoms with E-state index in [0.717, 1.165) is 22.4 Å². The molecule has 38 heavy (non-hydrogen) atoms. The number of hydrogen-bond donors (Lipinski definition) is 1. The van der Waals surface area contributed by atoms with Gasteiger partial charge in [0.2, 0.25) is 0 Å². The summed E-state index contributed by atoms with van der Waals surface area (Å²) in [6.07, 6.45) is 0. The first-order valence-corrected chi connectivity index (χ1v) is 12.8. The lowest BCUT2D eigenvalue weighted by Crippen LogP contribution is -2.45. The standard InChI is InChI=1S/C31H32N2O5/c1-21-8-10-23(11-9-21)28-27(29(34)24-6-4-3-5-7-24)30(35)31(36)33(28)20-26(32-16-18-38-19-17-32)22-12-14-25(37-2)15-13-22/h3-15,26,28,34H,16-20H2,1-2H3/t26-,28+/m0/s1. The van der Waals surface area contributed by atoms with Crippen molar-refractivity contribution in [3.63, 3.8) is 0 Å². The molecule has 0 saturated carbocycles. The number of nitrogens with zero attached hydrogens (tertiary/aromatic N) is 2. The fourth-order valence-corrected chi connectivity index (χ4v) is 5.25. The fourth-order valence-electron chi connectivity index (χ4n) is 5.25. The van der Waals surface area contributed by atoms with E-state index in [1.54, 1.807) is 36.3 Å². The van der Waals surface area contributed by atoms with Crippen LogP contribution in [-0.2, 0) is 14.3 Å². The van der Waals surface area contributed by atoms with Crippen LogP contribution in [0.3, 0.4) is 0 Å². The summed E-state index contributed by atoms with van der Waals surface area (Å²) in [6, 6.07) is 23.6. The quantitative estimate of drug-likeness (QED) is 0.285. The molecule has 0 bridgehead atoms. The van der Waals surface area contributed by atoms with Gasteiger partial charge in [0.25, 0.3) is 11.7 Å². The van der Waals surface area contributed by atoms with E-state index in [2.05, 4.69) is 4.90 Å². The molecule has 2 aliphatic heterocycles. The van der Waals surface area contributed by atoms with Crippen molar-refractivity contribution in [1.82, 2.24) is 9.80 Å². The molecule has 7 heteroatoms. The number of ketones is 1. The number of aliphatic hydroxyl groups is 1. The summed E-state index contributed by atoms with van der Waals surface area (Å²) in [4.78, 5) is 31.0. The molecule has 0 spiro atoms. The van der Waals surface area contributed by atoms with Crippen molar-refractivity contribution in [3.05, 3.63) is 107 Å². The van der Waals surface area contributed by atoms with E-state index in [4.69, 9.17) is 9.47 Å². The lowest BCUT2D eigenvalue weighted by atomic mass is 9.94. The number of hydrogen-bond acceptors (Lipinski definition) is 6. The van der Waals surface area contributed by atoms with Crippen LogP contribution in [0.1, 0.15) is 34.3 Å². The van der Waals surface area contributed by atoms with Crippen molar-refractivity contribution < 1.29 is 24.2 Å². The van der Waals surface area contributed by atoms with Crippen LogP contribution in [0.15, 0.2) is 84.4 Å². The Kier molecular flexibility index (Phi) is 7.58. The molecule has 2 heterocycles. The summed E-state index contributed by atoms with van der Waals surface area (Å²) in [5, 5.41) is 11.3. The van der Waals surface area contributed by atoms with E-state index < -0.39 is 17.7 Å². The number of likely N-dealkylation sites (tertiary alicyclic amines) is 1. The van der Waals surface area contributed by atoms with Gasteiger partial charge in [-0.2, -0.15) is 0 Å².